The number of aromatic carboxylic acids is 1. The summed E-state index contributed by atoms with van der Waals surface area (Å²) >= 11 is 0. The molecule has 1 amide bonds. The molecule has 0 radical (unpaired) electrons. The number of benzene rings is 1. The first kappa shape index (κ1) is 19.7. The van der Waals surface area contributed by atoms with Gasteiger partial charge in [-0.25, -0.2) is 14.0 Å². The first-order valence-electron chi connectivity index (χ1n) is 7.33. The summed E-state index contributed by atoms with van der Waals surface area (Å²) in [5, 5.41) is 21.1. The Hall–Kier alpha value is -2.35. The number of nitrogens with one attached hydrogen (secondary N) is 1. The molecule has 3 N–H and O–H groups in total. The number of alkyl carbamates (subject to hydrolysis) is 1. The van der Waals surface area contributed by atoms with Crippen LogP contribution in [0.2, 0.25) is 0 Å². The predicted molar refractivity (Wildman–Crippen MR) is 83.7 cm³/mol. The van der Waals surface area contributed by atoms with Crippen LogP contribution in [-0.4, -0.2) is 46.6 Å². The van der Waals surface area contributed by atoms with E-state index < -0.39 is 41.2 Å². The summed E-state index contributed by atoms with van der Waals surface area (Å²) in [5.41, 5.74) is -1.22. The zero-order valence-electron chi connectivity index (χ0n) is 14.0. The van der Waals surface area contributed by atoms with Gasteiger partial charge in [0.05, 0.1) is 17.7 Å². The topological polar surface area (TPSA) is 105 Å². The lowest BCUT2D eigenvalue weighted by molar-refractivity contribution is 0.0391. The number of aliphatic hydroxyl groups excluding tert-OH is 1. The smallest absolute Gasteiger partial charge is 0.408 e. The molecule has 2 unspecified atom stereocenters. The number of halogens is 1. The van der Waals surface area contributed by atoms with E-state index in [2.05, 4.69) is 5.32 Å². The normalized spacial score (nSPS) is 13.8. The third-order valence-electron chi connectivity index (χ3n) is 2.88. The van der Waals surface area contributed by atoms with Gasteiger partial charge < -0.3 is 25.0 Å². The lowest BCUT2D eigenvalue weighted by atomic mass is 10.2. The van der Waals surface area contributed by atoms with Gasteiger partial charge in [0.1, 0.15) is 23.8 Å². The lowest BCUT2D eigenvalue weighted by Gasteiger charge is -2.25. The summed E-state index contributed by atoms with van der Waals surface area (Å²) in [7, 11) is 0. The Balaban J connectivity index is 2.72. The van der Waals surface area contributed by atoms with Gasteiger partial charge in [-0.1, -0.05) is 0 Å². The molecule has 1 aromatic carbocycles. The molecule has 24 heavy (non-hydrogen) atoms. The van der Waals surface area contributed by atoms with E-state index in [4.69, 9.17) is 14.6 Å². The van der Waals surface area contributed by atoms with Gasteiger partial charge in [0.25, 0.3) is 0 Å². The first-order valence-corrected chi connectivity index (χ1v) is 7.33. The maximum atomic E-state index is 13.3. The van der Waals surface area contributed by atoms with E-state index in [0.29, 0.717) is 0 Å². The summed E-state index contributed by atoms with van der Waals surface area (Å²) in [5.74, 6) is -2.20. The standard InChI is InChI=1S/C16H22FNO6/c1-9(19)13(18-15(22)24-16(2,3)4)8-23-10-5-6-12(17)11(7-10)14(20)21/h5-7,9,13,19H,8H2,1-4H3,(H,18,22)(H,20,21). The minimum Gasteiger partial charge on any atom is -0.491 e. The highest BCUT2D eigenvalue weighted by molar-refractivity contribution is 5.88. The SMILES string of the molecule is CC(O)C(COc1ccc(F)c(C(=O)O)c1)NC(=O)OC(C)(C)C. The summed E-state index contributed by atoms with van der Waals surface area (Å²) in [6.45, 7) is 6.41. The molecule has 0 aliphatic heterocycles. The molecule has 2 atom stereocenters. The molecule has 0 saturated heterocycles. The minimum atomic E-state index is -1.42. The van der Waals surface area contributed by atoms with Gasteiger partial charge in [0.2, 0.25) is 0 Å². The number of carboxylic acids is 1. The van der Waals surface area contributed by atoms with E-state index in [1.165, 1.54) is 13.0 Å². The monoisotopic (exact) mass is 343 g/mol. The molecule has 0 heterocycles. The zero-order valence-corrected chi connectivity index (χ0v) is 14.0. The fourth-order valence-corrected chi connectivity index (χ4v) is 1.70. The molecular formula is C16H22FNO6. The number of carbonyl (C=O) groups is 2. The molecule has 1 aromatic rings. The maximum absolute atomic E-state index is 13.3. The summed E-state index contributed by atoms with van der Waals surface area (Å²) in [6, 6.07) is 2.47. The fourth-order valence-electron chi connectivity index (χ4n) is 1.70. The van der Waals surface area contributed by atoms with Gasteiger partial charge in [0.15, 0.2) is 0 Å². The van der Waals surface area contributed by atoms with Crippen LogP contribution in [0.3, 0.4) is 0 Å². The maximum Gasteiger partial charge on any atom is 0.408 e. The largest absolute Gasteiger partial charge is 0.491 e. The van der Waals surface area contributed by atoms with Gasteiger partial charge in [-0.3, -0.25) is 0 Å². The summed E-state index contributed by atoms with van der Waals surface area (Å²) in [4.78, 5) is 22.6. The van der Waals surface area contributed by atoms with Crippen LogP contribution < -0.4 is 10.1 Å². The highest BCUT2D eigenvalue weighted by Crippen LogP contribution is 2.17. The summed E-state index contributed by atoms with van der Waals surface area (Å²) in [6.07, 6.45) is -1.67. The number of ether oxygens (including phenoxy) is 2. The number of hydrogen-bond acceptors (Lipinski definition) is 5. The van der Waals surface area contributed by atoms with Gasteiger partial charge in [0, 0.05) is 0 Å². The average Bonchev–Trinajstić information content (AvgIpc) is 2.42. The summed E-state index contributed by atoms with van der Waals surface area (Å²) < 4.78 is 23.8. The Morgan fingerprint density at radius 3 is 2.46 bits per heavy atom. The molecule has 134 valence electrons. The first-order chi connectivity index (χ1) is 11.0. The van der Waals surface area contributed by atoms with Crippen molar-refractivity contribution in [2.24, 2.45) is 0 Å². The van der Waals surface area contributed by atoms with Crippen molar-refractivity contribution in [2.45, 2.75) is 45.4 Å². The van der Waals surface area contributed by atoms with Crippen molar-refractivity contribution in [3.05, 3.63) is 29.6 Å². The highest BCUT2D eigenvalue weighted by atomic mass is 19.1. The van der Waals surface area contributed by atoms with Crippen LogP contribution in [0.15, 0.2) is 18.2 Å². The van der Waals surface area contributed by atoms with E-state index in [1.807, 2.05) is 0 Å². The predicted octanol–water partition coefficient (Wildman–Crippen LogP) is 2.18. The van der Waals surface area contributed by atoms with E-state index >= 15 is 0 Å². The van der Waals surface area contributed by atoms with Crippen molar-refractivity contribution in [1.29, 1.82) is 0 Å². The van der Waals surface area contributed by atoms with Crippen molar-refractivity contribution < 1.29 is 33.7 Å². The molecule has 8 heteroatoms. The van der Waals surface area contributed by atoms with Crippen molar-refractivity contribution >= 4 is 12.1 Å². The highest BCUT2D eigenvalue weighted by Gasteiger charge is 2.23. The van der Waals surface area contributed by atoms with Crippen LogP contribution in [0.25, 0.3) is 0 Å². The van der Waals surface area contributed by atoms with Crippen molar-refractivity contribution in [3.8, 4) is 5.75 Å². The number of hydrogen-bond donors (Lipinski definition) is 3. The molecular weight excluding hydrogens is 321 g/mol. The zero-order chi connectivity index (χ0) is 18.5. The fraction of sp³-hybridized carbons (Fsp3) is 0.500. The van der Waals surface area contributed by atoms with Crippen LogP contribution in [0.1, 0.15) is 38.1 Å². The van der Waals surface area contributed by atoms with Crippen LogP contribution in [0.4, 0.5) is 9.18 Å². The minimum absolute atomic E-state index is 0.102. The molecule has 0 saturated carbocycles. The molecule has 0 spiro atoms. The Labute approximate surface area is 139 Å². The number of aliphatic hydroxyl groups is 1. The van der Waals surface area contributed by atoms with Crippen LogP contribution in [-0.2, 0) is 4.74 Å². The van der Waals surface area contributed by atoms with Gasteiger partial charge in [-0.15, -0.1) is 0 Å². The van der Waals surface area contributed by atoms with E-state index in [0.717, 1.165) is 12.1 Å². The number of amides is 1. The van der Waals surface area contributed by atoms with Crippen molar-refractivity contribution in [1.82, 2.24) is 5.32 Å². The van der Waals surface area contributed by atoms with Crippen molar-refractivity contribution in [3.63, 3.8) is 0 Å². The van der Waals surface area contributed by atoms with Crippen LogP contribution in [0.5, 0.6) is 5.75 Å². The Morgan fingerprint density at radius 1 is 1.33 bits per heavy atom. The third kappa shape index (κ3) is 6.41. The van der Waals surface area contributed by atoms with E-state index in [-0.39, 0.29) is 12.4 Å². The van der Waals surface area contributed by atoms with Crippen LogP contribution >= 0.6 is 0 Å². The molecule has 7 nitrogen and oxygen atoms in total. The van der Waals surface area contributed by atoms with E-state index in [1.54, 1.807) is 20.8 Å². The average molecular weight is 343 g/mol. The van der Waals surface area contributed by atoms with Gasteiger partial charge >= 0.3 is 12.1 Å². The second-order valence-corrected chi connectivity index (χ2v) is 6.25. The molecule has 0 bridgehead atoms. The number of rotatable bonds is 6. The van der Waals surface area contributed by atoms with Gasteiger partial charge in [-0.05, 0) is 45.9 Å². The Morgan fingerprint density at radius 2 is 1.96 bits per heavy atom. The molecule has 1 rings (SSSR count). The van der Waals surface area contributed by atoms with Gasteiger partial charge in [-0.2, -0.15) is 0 Å². The number of carbonyl (C=O) groups excluding carboxylic acids is 1. The van der Waals surface area contributed by atoms with E-state index in [9.17, 15) is 19.1 Å². The quantitative estimate of drug-likeness (QED) is 0.731. The molecule has 0 aliphatic rings. The second kappa shape index (κ2) is 7.96. The molecule has 0 aliphatic carbocycles. The molecule has 0 fully saturated rings. The second-order valence-electron chi connectivity index (χ2n) is 6.25. The number of carboxylic acid groups (broad SMARTS) is 1. The van der Waals surface area contributed by atoms with Crippen molar-refractivity contribution in [2.75, 3.05) is 6.61 Å². The lowest BCUT2D eigenvalue weighted by Crippen LogP contribution is -2.47. The Kier molecular flexibility index (Phi) is 6.53. The molecule has 0 aromatic heterocycles. The third-order valence-corrected chi connectivity index (χ3v) is 2.88. The van der Waals surface area contributed by atoms with Crippen LogP contribution in [0, 0.1) is 5.82 Å². The Bertz CT molecular complexity index is 597.